The lowest BCUT2D eigenvalue weighted by molar-refractivity contribution is -0.137. The van der Waals surface area contributed by atoms with Gasteiger partial charge in [-0.25, -0.2) is 9.97 Å². The molecule has 13 heteroatoms. The van der Waals surface area contributed by atoms with Gasteiger partial charge >= 0.3 is 6.18 Å². The van der Waals surface area contributed by atoms with Crippen LogP contribution in [0.3, 0.4) is 0 Å². The minimum Gasteiger partial charge on any atom is -0.456 e. The van der Waals surface area contributed by atoms with Crippen LogP contribution < -0.4 is 20.7 Å². The summed E-state index contributed by atoms with van der Waals surface area (Å²) >= 11 is 6.38. The zero-order chi connectivity index (χ0) is 28.7. The van der Waals surface area contributed by atoms with E-state index in [1.54, 1.807) is 25.1 Å². The number of carbonyl (C=O) groups is 1. The third kappa shape index (κ3) is 7.62. The molecule has 0 radical (unpaired) electrons. The van der Waals surface area contributed by atoms with Crippen LogP contribution in [0.5, 0.6) is 11.5 Å². The summed E-state index contributed by atoms with van der Waals surface area (Å²) in [6, 6.07) is 9.23. The van der Waals surface area contributed by atoms with Gasteiger partial charge in [0, 0.05) is 24.4 Å². The first-order valence-corrected chi connectivity index (χ1v) is 12.7. The van der Waals surface area contributed by atoms with Gasteiger partial charge in [-0.15, -0.1) is 0 Å². The van der Waals surface area contributed by atoms with Crippen LogP contribution in [0.4, 0.5) is 30.5 Å². The van der Waals surface area contributed by atoms with Crippen molar-refractivity contribution in [2.24, 2.45) is 0 Å². The van der Waals surface area contributed by atoms with Crippen molar-refractivity contribution in [3.63, 3.8) is 0 Å². The fraction of sp³-hybridized carbons (Fsp3) is 0.296. The molecular formula is C27H27ClF3N5O4. The molecule has 1 amide bonds. The van der Waals surface area contributed by atoms with Crippen molar-refractivity contribution in [3.05, 3.63) is 70.5 Å². The fourth-order valence-corrected chi connectivity index (χ4v) is 4.06. The third-order valence-electron chi connectivity index (χ3n) is 5.81. The molecule has 3 aromatic rings. The van der Waals surface area contributed by atoms with Gasteiger partial charge in [0.15, 0.2) is 0 Å². The first-order valence-electron chi connectivity index (χ1n) is 12.4. The smallest absolute Gasteiger partial charge is 0.416 e. The van der Waals surface area contributed by atoms with Gasteiger partial charge in [-0.2, -0.15) is 13.2 Å². The van der Waals surface area contributed by atoms with Gasteiger partial charge in [0.1, 0.15) is 29.5 Å². The number of rotatable bonds is 10. The van der Waals surface area contributed by atoms with Crippen molar-refractivity contribution in [1.82, 2.24) is 15.3 Å². The number of alkyl halides is 3. The predicted molar refractivity (Wildman–Crippen MR) is 145 cm³/mol. The Morgan fingerprint density at radius 3 is 2.80 bits per heavy atom. The van der Waals surface area contributed by atoms with E-state index in [1.807, 2.05) is 0 Å². The second-order valence-corrected chi connectivity index (χ2v) is 9.25. The SMILES string of the molecule is CC(CNC(=O)C1=Cc2c(ncnc2Nc2ccc(Oc3cccc(C(F)(F)F)c3)c(Cl)c2)NCC1)OCCO. The second kappa shape index (κ2) is 13.0. The summed E-state index contributed by atoms with van der Waals surface area (Å²) < 4.78 is 50.0. The van der Waals surface area contributed by atoms with Gasteiger partial charge in [-0.3, -0.25) is 4.79 Å². The molecule has 1 atom stereocenters. The maximum atomic E-state index is 13.0. The number of benzene rings is 2. The number of nitrogens with one attached hydrogen (secondary N) is 3. The Hall–Kier alpha value is -3.87. The molecular weight excluding hydrogens is 551 g/mol. The minimum absolute atomic E-state index is 0.00470. The van der Waals surface area contributed by atoms with Crippen molar-refractivity contribution >= 4 is 40.9 Å². The van der Waals surface area contributed by atoms with Gasteiger partial charge in [-0.1, -0.05) is 17.7 Å². The summed E-state index contributed by atoms with van der Waals surface area (Å²) in [5, 5.41) is 18.2. The molecule has 0 bridgehead atoms. The van der Waals surface area contributed by atoms with E-state index in [1.165, 1.54) is 24.5 Å². The lowest BCUT2D eigenvalue weighted by Gasteiger charge is -2.14. The molecule has 0 spiro atoms. The van der Waals surface area contributed by atoms with E-state index >= 15 is 0 Å². The molecule has 1 unspecified atom stereocenters. The largest absolute Gasteiger partial charge is 0.456 e. The maximum absolute atomic E-state index is 13.0. The highest BCUT2D eigenvalue weighted by atomic mass is 35.5. The standard InChI is InChI=1S/C27H27ClF3N5O4/c1-16(39-10-9-37)14-33-26(38)17-7-8-32-24-21(11-17)25(35-15-34-24)36-19-5-6-23(22(28)13-19)40-20-4-2-3-18(12-20)27(29,30)31/h2-6,11-13,15-16,37H,7-10,14H2,1H3,(H,33,38)(H2,32,34,35,36). The second-order valence-electron chi connectivity index (χ2n) is 8.84. The Kier molecular flexibility index (Phi) is 9.46. The van der Waals surface area contributed by atoms with Crippen molar-refractivity contribution in [2.75, 3.05) is 36.9 Å². The number of hydrogen-bond acceptors (Lipinski definition) is 8. The summed E-state index contributed by atoms with van der Waals surface area (Å²) in [6.45, 7) is 2.64. The first-order chi connectivity index (χ1) is 19.1. The van der Waals surface area contributed by atoms with Gasteiger partial charge in [0.25, 0.3) is 0 Å². The third-order valence-corrected chi connectivity index (χ3v) is 6.10. The normalized spacial score (nSPS) is 13.8. The molecule has 1 aliphatic heterocycles. The Bertz CT molecular complexity index is 1390. The van der Waals surface area contributed by atoms with E-state index in [0.29, 0.717) is 41.4 Å². The number of aliphatic hydroxyl groups excluding tert-OH is 1. The molecule has 0 fully saturated rings. The van der Waals surface area contributed by atoms with Gasteiger partial charge in [0.2, 0.25) is 5.91 Å². The Morgan fingerprint density at radius 1 is 1.23 bits per heavy atom. The number of hydrogen-bond donors (Lipinski definition) is 4. The van der Waals surface area contributed by atoms with E-state index in [0.717, 1.165) is 12.1 Å². The van der Waals surface area contributed by atoms with Crippen LogP contribution >= 0.6 is 11.6 Å². The Balaban J connectivity index is 1.50. The number of halogens is 4. The van der Waals surface area contributed by atoms with Gasteiger partial charge < -0.3 is 30.5 Å². The molecule has 212 valence electrons. The lowest BCUT2D eigenvalue weighted by atomic mass is 10.1. The van der Waals surface area contributed by atoms with E-state index in [9.17, 15) is 18.0 Å². The van der Waals surface area contributed by atoms with Crippen molar-refractivity contribution in [2.45, 2.75) is 25.6 Å². The summed E-state index contributed by atoms with van der Waals surface area (Å²) in [7, 11) is 0. The highest BCUT2D eigenvalue weighted by Gasteiger charge is 2.30. The van der Waals surface area contributed by atoms with Crippen LogP contribution in [0.2, 0.25) is 5.02 Å². The van der Waals surface area contributed by atoms with Crippen LogP contribution in [0, 0.1) is 0 Å². The van der Waals surface area contributed by atoms with Gasteiger partial charge in [0.05, 0.1) is 35.5 Å². The predicted octanol–water partition coefficient (Wildman–Crippen LogP) is 5.40. The molecule has 0 saturated carbocycles. The van der Waals surface area contributed by atoms with Crippen molar-refractivity contribution in [3.8, 4) is 11.5 Å². The number of nitrogens with zero attached hydrogens (tertiary/aromatic N) is 2. The highest BCUT2D eigenvalue weighted by Crippen LogP contribution is 2.36. The molecule has 2 heterocycles. The molecule has 4 N–H and O–H groups in total. The highest BCUT2D eigenvalue weighted by molar-refractivity contribution is 6.32. The van der Waals surface area contributed by atoms with Crippen molar-refractivity contribution < 1.29 is 32.5 Å². The topological polar surface area (TPSA) is 118 Å². The minimum atomic E-state index is -4.50. The Labute approximate surface area is 233 Å². The number of amides is 1. The number of anilines is 3. The monoisotopic (exact) mass is 577 g/mol. The summed E-state index contributed by atoms with van der Waals surface area (Å²) in [5.41, 5.74) is 0.778. The fourth-order valence-electron chi connectivity index (χ4n) is 3.84. The molecule has 9 nitrogen and oxygen atoms in total. The van der Waals surface area contributed by atoms with Crippen LogP contribution in [-0.4, -0.2) is 53.4 Å². The molecule has 1 aromatic heterocycles. The molecule has 0 aliphatic carbocycles. The molecule has 2 aromatic carbocycles. The van der Waals surface area contributed by atoms with E-state index in [4.69, 9.17) is 26.2 Å². The quantitative estimate of drug-likeness (QED) is 0.253. The van der Waals surface area contributed by atoms with E-state index in [2.05, 4.69) is 25.9 Å². The summed E-state index contributed by atoms with van der Waals surface area (Å²) in [5.74, 6) is 0.853. The number of carbonyl (C=O) groups excluding carboxylic acids is 1. The first kappa shape index (κ1) is 29.1. The molecule has 1 aliphatic rings. The van der Waals surface area contributed by atoms with Crippen LogP contribution in [0.1, 0.15) is 24.5 Å². The maximum Gasteiger partial charge on any atom is 0.416 e. The van der Waals surface area contributed by atoms with Crippen LogP contribution in [0.25, 0.3) is 6.08 Å². The average molecular weight is 578 g/mol. The van der Waals surface area contributed by atoms with Crippen molar-refractivity contribution in [1.29, 1.82) is 0 Å². The van der Waals surface area contributed by atoms with Gasteiger partial charge in [-0.05, 0) is 55.8 Å². The van der Waals surface area contributed by atoms with Crippen LogP contribution in [0.15, 0.2) is 54.4 Å². The zero-order valence-electron chi connectivity index (χ0n) is 21.4. The van der Waals surface area contributed by atoms with Crippen LogP contribution in [-0.2, 0) is 15.7 Å². The molecule has 40 heavy (non-hydrogen) atoms. The number of fused-ring (bicyclic) bond motifs is 1. The Morgan fingerprint density at radius 2 is 2.05 bits per heavy atom. The average Bonchev–Trinajstić information content (AvgIpc) is 3.15. The van der Waals surface area contributed by atoms with E-state index in [-0.39, 0.29) is 48.3 Å². The number of aliphatic hydroxyl groups is 1. The molecule has 4 rings (SSSR count). The number of aromatic nitrogens is 2. The summed E-state index contributed by atoms with van der Waals surface area (Å²) in [4.78, 5) is 21.4. The lowest BCUT2D eigenvalue weighted by Crippen LogP contribution is -2.33. The van der Waals surface area contributed by atoms with E-state index < -0.39 is 11.7 Å². The number of ether oxygens (including phenoxy) is 2. The molecule has 0 saturated heterocycles. The summed E-state index contributed by atoms with van der Waals surface area (Å²) in [6.07, 6.45) is -1.23. The zero-order valence-corrected chi connectivity index (χ0v) is 22.1.